The SMILES string of the molecule is CNC(C)(CCCCN(C)C1CCCCCC1)C(=O)OC. The molecule has 0 aromatic heterocycles. The van der Waals surface area contributed by atoms with Gasteiger partial charge in [0, 0.05) is 6.04 Å². The van der Waals surface area contributed by atoms with E-state index in [1.54, 1.807) is 0 Å². The first-order valence-corrected chi connectivity index (χ1v) is 8.51. The van der Waals surface area contributed by atoms with E-state index in [0.717, 1.165) is 31.8 Å². The number of likely N-dealkylation sites (N-methyl/N-ethyl adjacent to an activating group) is 1. The van der Waals surface area contributed by atoms with Gasteiger partial charge < -0.3 is 15.0 Å². The Bertz CT molecular complexity index is 301. The summed E-state index contributed by atoms with van der Waals surface area (Å²) in [5.74, 6) is -0.165. The molecule has 1 saturated carbocycles. The van der Waals surface area contributed by atoms with Gasteiger partial charge in [-0.1, -0.05) is 25.7 Å². The summed E-state index contributed by atoms with van der Waals surface area (Å²) >= 11 is 0. The molecular formula is C17H34N2O2. The molecule has 0 radical (unpaired) electrons. The van der Waals surface area contributed by atoms with Gasteiger partial charge in [-0.25, -0.2) is 0 Å². The van der Waals surface area contributed by atoms with E-state index in [0.29, 0.717) is 0 Å². The molecule has 1 N–H and O–H groups in total. The largest absolute Gasteiger partial charge is 0.468 e. The summed E-state index contributed by atoms with van der Waals surface area (Å²) in [7, 11) is 5.54. The lowest BCUT2D eigenvalue weighted by molar-refractivity contribution is -0.148. The summed E-state index contributed by atoms with van der Waals surface area (Å²) < 4.78 is 4.88. The van der Waals surface area contributed by atoms with Crippen molar-refractivity contribution in [3.63, 3.8) is 0 Å². The first-order chi connectivity index (χ1) is 10.0. The van der Waals surface area contributed by atoms with Crippen LogP contribution in [0, 0.1) is 0 Å². The van der Waals surface area contributed by atoms with Crippen molar-refractivity contribution < 1.29 is 9.53 Å². The third-order valence-electron chi connectivity index (χ3n) is 5.07. The minimum absolute atomic E-state index is 0.165. The van der Waals surface area contributed by atoms with Gasteiger partial charge in [-0.15, -0.1) is 0 Å². The topological polar surface area (TPSA) is 41.6 Å². The maximum atomic E-state index is 11.8. The highest BCUT2D eigenvalue weighted by Crippen LogP contribution is 2.22. The number of esters is 1. The zero-order valence-electron chi connectivity index (χ0n) is 14.4. The van der Waals surface area contributed by atoms with Crippen molar-refractivity contribution in [2.75, 3.05) is 27.7 Å². The Morgan fingerprint density at radius 1 is 1.24 bits per heavy atom. The average Bonchev–Trinajstić information content (AvgIpc) is 2.79. The number of carbonyl (C=O) groups excluding carboxylic acids is 1. The molecule has 1 aliphatic rings. The summed E-state index contributed by atoms with van der Waals surface area (Å²) in [6.45, 7) is 3.06. The Hall–Kier alpha value is -0.610. The fourth-order valence-electron chi connectivity index (χ4n) is 3.28. The Kier molecular flexibility index (Phi) is 8.27. The third-order valence-corrected chi connectivity index (χ3v) is 5.07. The third kappa shape index (κ3) is 5.95. The maximum Gasteiger partial charge on any atom is 0.325 e. The maximum absolute atomic E-state index is 11.8. The van der Waals surface area contributed by atoms with Crippen molar-refractivity contribution in [3.8, 4) is 0 Å². The van der Waals surface area contributed by atoms with Crippen LogP contribution in [0.3, 0.4) is 0 Å². The Morgan fingerprint density at radius 2 is 1.86 bits per heavy atom. The number of nitrogens with one attached hydrogen (secondary N) is 1. The minimum atomic E-state index is -0.546. The second-order valence-electron chi connectivity index (χ2n) is 6.66. The van der Waals surface area contributed by atoms with E-state index in [4.69, 9.17) is 4.74 Å². The van der Waals surface area contributed by atoms with Crippen LogP contribution >= 0.6 is 0 Å². The van der Waals surface area contributed by atoms with Crippen molar-refractivity contribution in [2.45, 2.75) is 76.3 Å². The van der Waals surface area contributed by atoms with Crippen LogP contribution in [0.1, 0.15) is 64.7 Å². The van der Waals surface area contributed by atoms with Crippen LogP contribution in [0.4, 0.5) is 0 Å². The highest BCUT2D eigenvalue weighted by molar-refractivity contribution is 5.80. The van der Waals surface area contributed by atoms with Crippen LogP contribution < -0.4 is 5.32 Å². The van der Waals surface area contributed by atoms with Gasteiger partial charge in [0.15, 0.2) is 0 Å². The van der Waals surface area contributed by atoms with Gasteiger partial charge in [0.05, 0.1) is 7.11 Å². The molecule has 4 heteroatoms. The number of ether oxygens (including phenoxy) is 1. The van der Waals surface area contributed by atoms with Crippen LogP contribution in [-0.4, -0.2) is 50.2 Å². The van der Waals surface area contributed by atoms with Crippen LogP contribution in [0.5, 0.6) is 0 Å². The molecule has 21 heavy (non-hydrogen) atoms. The first kappa shape index (κ1) is 18.4. The zero-order valence-corrected chi connectivity index (χ0v) is 14.4. The standard InChI is InChI=1S/C17H34N2O2/c1-17(18-2,16(20)21-4)13-9-10-14-19(3)15-11-7-5-6-8-12-15/h15,18H,5-14H2,1-4H3. The van der Waals surface area contributed by atoms with E-state index < -0.39 is 5.54 Å². The lowest BCUT2D eigenvalue weighted by Gasteiger charge is -2.28. The summed E-state index contributed by atoms with van der Waals surface area (Å²) in [6, 6.07) is 0.767. The predicted molar refractivity (Wildman–Crippen MR) is 87.5 cm³/mol. The lowest BCUT2D eigenvalue weighted by atomic mass is 9.95. The van der Waals surface area contributed by atoms with Crippen LogP contribution in [0.25, 0.3) is 0 Å². The van der Waals surface area contributed by atoms with Gasteiger partial charge >= 0.3 is 5.97 Å². The Morgan fingerprint density at radius 3 is 2.38 bits per heavy atom. The second-order valence-corrected chi connectivity index (χ2v) is 6.66. The number of hydrogen-bond donors (Lipinski definition) is 1. The fourth-order valence-corrected chi connectivity index (χ4v) is 3.28. The van der Waals surface area contributed by atoms with Gasteiger partial charge in [-0.2, -0.15) is 0 Å². The lowest BCUT2D eigenvalue weighted by Crippen LogP contribution is -2.48. The highest BCUT2D eigenvalue weighted by Gasteiger charge is 2.31. The first-order valence-electron chi connectivity index (χ1n) is 8.51. The van der Waals surface area contributed by atoms with E-state index in [1.165, 1.54) is 45.6 Å². The quantitative estimate of drug-likeness (QED) is 0.425. The monoisotopic (exact) mass is 298 g/mol. The van der Waals surface area contributed by atoms with E-state index in [1.807, 2.05) is 14.0 Å². The molecule has 1 aliphatic carbocycles. The van der Waals surface area contributed by atoms with E-state index >= 15 is 0 Å². The molecule has 0 heterocycles. The number of nitrogens with zero attached hydrogens (tertiary/aromatic N) is 1. The van der Waals surface area contributed by atoms with E-state index in [9.17, 15) is 4.79 Å². The van der Waals surface area contributed by atoms with Gasteiger partial charge in [0.1, 0.15) is 5.54 Å². The van der Waals surface area contributed by atoms with Crippen LogP contribution in [-0.2, 0) is 9.53 Å². The number of unbranched alkanes of at least 4 members (excludes halogenated alkanes) is 1. The molecule has 1 atom stereocenters. The molecule has 0 aliphatic heterocycles. The second kappa shape index (κ2) is 9.42. The van der Waals surface area contributed by atoms with Crippen molar-refractivity contribution in [3.05, 3.63) is 0 Å². The van der Waals surface area contributed by atoms with Crippen LogP contribution in [0.2, 0.25) is 0 Å². The molecule has 0 aromatic carbocycles. The smallest absolute Gasteiger partial charge is 0.325 e. The number of hydrogen-bond acceptors (Lipinski definition) is 4. The average molecular weight is 298 g/mol. The number of rotatable bonds is 8. The molecule has 1 rings (SSSR count). The van der Waals surface area contributed by atoms with Gasteiger partial charge in [-0.05, 0) is 59.7 Å². The van der Waals surface area contributed by atoms with Gasteiger partial charge in [0.2, 0.25) is 0 Å². The normalized spacial score (nSPS) is 20.0. The van der Waals surface area contributed by atoms with Crippen molar-refractivity contribution in [2.24, 2.45) is 0 Å². The molecule has 0 aromatic rings. The minimum Gasteiger partial charge on any atom is -0.468 e. The van der Waals surface area contributed by atoms with E-state index in [-0.39, 0.29) is 5.97 Å². The van der Waals surface area contributed by atoms with Crippen molar-refractivity contribution >= 4 is 5.97 Å². The Balaban J connectivity index is 2.27. The van der Waals surface area contributed by atoms with Gasteiger partial charge in [-0.3, -0.25) is 4.79 Å². The number of carbonyl (C=O) groups is 1. The van der Waals surface area contributed by atoms with Crippen molar-refractivity contribution in [1.82, 2.24) is 10.2 Å². The van der Waals surface area contributed by atoms with Gasteiger partial charge in [0.25, 0.3) is 0 Å². The fraction of sp³-hybridized carbons (Fsp3) is 0.941. The summed E-state index contributed by atoms with van der Waals surface area (Å²) in [5, 5.41) is 3.10. The molecule has 0 amide bonds. The van der Waals surface area contributed by atoms with Crippen LogP contribution in [0.15, 0.2) is 0 Å². The van der Waals surface area contributed by atoms with Crippen molar-refractivity contribution in [1.29, 1.82) is 0 Å². The molecule has 1 unspecified atom stereocenters. The molecule has 0 spiro atoms. The molecule has 0 saturated heterocycles. The van der Waals surface area contributed by atoms with E-state index in [2.05, 4.69) is 17.3 Å². The summed E-state index contributed by atoms with van der Waals surface area (Å²) in [5.41, 5.74) is -0.546. The molecular weight excluding hydrogens is 264 g/mol. The highest BCUT2D eigenvalue weighted by atomic mass is 16.5. The zero-order chi connectivity index (χ0) is 15.7. The predicted octanol–water partition coefficient (Wildman–Crippen LogP) is 2.96. The number of methoxy groups -OCH3 is 1. The summed E-state index contributed by atoms with van der Waals surface area (Å²) in [4.78, 5) is 14.3. The molecule has 0 bridgehead atoms. The summed E-state index contributed by atoms with van der Waals surface area (Å²) in [6.07, 6.45) is 11.3. The molecule has 4 nitrogen and oxygen atoms in total. The molecule has 124 valence electrons. The Labute approximate surface area is 130 Å². The molecule has 1 fully saturated rings.